The van der Waals surface area contributed by atoms with Crippen molar-refractivity contribution < 1.29 is 5.11 Å². The van der Waals surface area contributed by atoms with Crippen molar-refractivity contribution in [3.63, 3.8) is 0 Å². The maximum Gasteiger partial charge on any atom is 0.191 e. The average molecular weight is 272 g/mol. The van der Waals surface area contributed by atoms with Crippen LogP contribution in [-0.4, -0.2) is 32.2 Å². The summed E-state index contributed by atoms with van der Waals surface area (Å²) in [6.45, 7) is 3.83. The molecule has 6 heteroatoms. The van der Waals surface area contributed by atoms with Crippen LogP contribution in [0.25, 0.3) is 0 Å². The van der Waals surface area contributed by atoms with Crippen molar-refractivity contribution in [2.45, 2.75) is 57.3 Å². The lowest BCUT2D eigenvalue weighted by Gasteiger charge is -2.07. The molecule has 0 spiro atoms. The largest absolute Gasteiger partial charge is 0.396 e. The van der Waals surface area contributed by atoms with Crippen LogP contribution in [0, 0.1) is 0 Å². The molecule has 0 unspecified atom stereocenters. The Balaban J connectivity index is 2.34. The number of aliphatic hydroxyl groups is 1. The molecule has 104 valence electrons. The fourth-order valence-electron chi connectivity index (χ4n) is 1.76. The summed E-state index contributed by atoms with van der Waals surface area (Å²) in [6.07, 6.45) is 5.40. The smallest absolute Gasteiger partial charge is 0.191 e. The highest BCUT2D eigenvalue weighted by atomic mass is 32.2. The maximum atomic E-state index is 8.69. The molecule has 0 radical (unpaired) electrons. The predicted octanol–water partition coefficient (Wildman–Crippen LogP) is 1.79. The summed E-state index contributed by atoms with van der Waals surface area (Å²) in [5, 5.41) is 18.0. The lowest BCUT2D eigenvalue weighted by molar-refractivity contribution is 0.283. The minimum Gasteiger partial charge on any atom is -0.396 e. The van der Waals surface area contributed by atoms with Gasteiger partial charge in [-0.05, 0) is 19.3 Å². The molecule has 0 fully saturated rings. The van der Waals surface area contributed by atoms with Gasteiger partial charge in [0, 0.05) is 18.9 Å². The van der Waals surface area contributed by atoms with E-state index in [9.17, 15) is 0 Å². The van der Waals surface area contributed by atoms with Gasteiger partial charge in [-0.2, -0.15) is 0 Å². The monoisotopic (exact) mass is 272 g/mol. The molecule has 5 nitrogen and oxygen atoms in total. The summed E-state index contributed by atoms with van der Waals surface area (Å²) < 4.78 is 2.12. The number of thioether (sulfide) groups is 1. The van der Waals surface area contributed by atoms with Crippen LogP contribution in [0.2, 0.25) is 0 Å². The first kappa shape index (κ1) is 15.5. The quantitative estimate of drug-likeness (QED) is 0.501. The molecule has 0 bridgehead atoms. The first-order valence-electron chi connectivity index (χ1n) is 6.69. The molecule has 0 aliphatic rings. The molecule has 0 aliphatic carbocycles. The minimum absolute atomic E-state index is 0.303. The van der Waals surface area contributed by atoms with Gasteiger partial charge in [-0.3, -0.25) is 0 Å². The van der Waals surface area contributed by atoms with E-state index in [2.05, 4.69) is 21.7 Å². The highest BCUT2D eigenvalue weighted by Gasteiger charge is 2.09. The Labute approximate surface area is 113 Å². The van der Waals surface area contributed by atoms with Crippen LogP contribution in [0.1, 0.15) is 44.9 Å². The van der Waals surface area contributed by atoms with Gasteiger partial charge in [0.15, 0.2) is 5.16 Å². The first-order chi connectivity index (χ1) is 8.83. The zero-order valence-corrected chi connectivity index (χ0v) is 12.0. The Morgan fingerprint density at radius 3 is 2.67 bits per heavy atom. The van der Waals surface area contributed by atoms with E-state index < -0.39 is 0 Å². The molecular weight excluding hydrogens is 248 g/mol. The maximum absolute atomic E-state index is 8.69. The van der Waals surface area contributed by atoms with E-state index >= 15 is 0 Å². The lowest BCUT2D eigenvalue weighted by atomic mass is 10.2. The van der Waals surface area contributed by atoms with Gasteiger partial charge in [0.05, 0.1) is 6.54 Å². The van der Waals surface area contributed by atoms with Gasteiger partial charge in [0.1, 0.15) is 5.82 Å². The molecule has 0 atom stereocenters. The van der Waals surface area contributed by atoms with Crippen LogP contribution in [0.5, 0.6) is 0 Å². The molecular formula is C12H24N4OS. The number of hydrogen-bond acceptors (Lipinski definition) is 5. The zero-order chi connectivity index (χ0) is 13.2. The minimum atomic E-state index is 0.303. The van der Waals surface area contributed by atoms with E-state index in [0.717, 1.165) is 49.0 Å². The summed E-state index contributed by atoms with van der Waals surface area (Å²) in [7, 11) is 0. The van der Waals surface area contributed by atoms with E-state index in [1.54, 1.807) is 11.8 Å². The van der Waals surface area contributed by atoms with Crippen LogP contribution in [0.3, 0.4) is 0 Å². The second-order valence-electron chi connectivity index (χ2n) is 4.24. The predicted molar refractivity (Wildman–Crippen MR) is 74.5 cm³/mol. The van der Waals surface area contributed by atoms with Gasteiger partial charge < -0.3 is 15.4 Å². The standard InChI is InChI=1S/C12H24N4OS/c1-2-7-16-11(10-13)14-15-12(16)18-9-6-4-3-5-8-17/h17H,2-10,13H2,1H3. The van der Waals surface area contributed by atoms with Gasteiger partial charge in [0.25, 0.3) is 0 Å². The van der Waals surface area contributed by atoms with Gasteiger partial charge in [-0.1, -0.05) is 31.5 Å². The molecule has 18 heavy (non-hydrogen) atoms. The average Bonchev–Trinajstić information content (AvgIpc) is 2.77. The second-order valence-corrected chi connectivity index (χ2v) is 5.30. The Morgan fingerprint density at radius 2 is 2.00 bits per heavy atom. The number of nitrogens with zero attached hydrogens (tertiary/aromatic N) is 3. The zero-order valence-electron chi connectivity index (χ0n) is 11.1. The first-order valence-corrected chi connectivity index (χ1v) is 7.67. The summed E-state index contributed by atoms with van der Waals surface area (Å²) in [6, 6.07) is 0. The molecule has 3 N–H and O–H groups in total. The summed E-state index contributed by atoms with van der Waals surface area (Å²) in [4.78, 5) is 0. The van der Waals surface area contributed by atoms with Crippen LogP contribution in [-0.2, 0) is 13.1 Å². The SMILES string of the molecule is CCCn1c(CN)nnc1SCCCCCCO. The fourth-order valence-corrected chi connectivity index (χ4v) is 2.74. The van der Waals surface area contributed by atoms with E-state index in [1.807, 2.05) is 0 Å². The highest BCUT2D eigenvalue weighted by Crippen LogP contribution is 2.19. The van der Waals surface area contributed by atoms with Crippen LogP contribution < -0.4 is 5.73 Å². The number of aromatic nitrogens is 3. The molecule has 1 heterocycles. The van der Waals surface area contributed by atoms with Crippen molar-refractivity contribution in [3.05, 3.63) is 5.82 Å². The summed E-state index contributed by atoms with van der Waals surface area (Å²) >= 11 is 1.75. The van der Waals surface area contributed by atoms with Crippen molar-refractivity contribution in [2.24, 2.45) is 5.73 Å². The van der Waals surface area contributed by atoms with Crippen molar-refractivity contribution in [3.8, 4) is 0 Å². The summed E-state index contributed by atoms with van der Waals surface area (Å²) in [5.74, 6) is 1.93. The van der Waals surface area contributed by atoms with Crippen LogP contribution in [0.4, 0.5) is 0 Å². The Morgan fingerprint density at radius 1 is 1.22 bits per heavy atom. The number of nitrogens with two attached hydrogens (primary N) is 1. The topological polar surface area (TPSA) is 77.0 Å². The molecule has 1 aromatic heterocycles. The molecule has 0 saturated heterocycles. The number of hydrogen-bond donors (Lipinski definition) is 2. The van der Waals surface area contributed by atoms with Crippen molar-refractivity contribution in [1.82, 2.24) is 14.8 Å². The molecule has 0 saturated carbocycles. The van der Waals surface area contributed by atoms with Gasteiger partial charge in [0.2, 0.25) is 0 Å². The van der Waals surface area contributed by atoms with Crippen LogP contribution >= 0.6 is 11.8 Å². The van der Waals surface area contributed by atoms with Crippen LogP contribution in [0.15, 0.2) is 5.16 Å². The van der Waals surface area contributed by atoms with E-state index in [4.69, 9.17) is 10.8 Å². The van der Waals surface area contributed by atoms with Crippen molar-refractivity contribution in [2.75, 3.05) is 12.4 Å². The highest BCUT2D eigenvalue weighted by molar-refractivity contribution is 7.99. The van der Waals surface area contributed by atoms with E-state index in [0.29, 0.717) is 13.2 Å². The second kappa shape index (κ2) is 9.35. The molecule has 0 aromatic carbocycles. The van der Waals surface area contributed by atoms with Gasteiger partial charge in [-0.25, -0.2) is 0 Å². The normalized spacial score (nSPS) is 11.1. The lowest BCUT2D eigenvalue weighted by Crippen LogP contribution is -2.09. The van der Waals surface area contributed by atoms with E-state index in [1.165, 1.54) is 6.42 Å². The molecule has 0 aliphatic heterocycles. The van der Waals surface area contributed by atoms with E-state index in [-0.39, 0.29) is 0 Å². The van der Waals surface area contributed by atoms with Crippen molar-refractivity contribution in [1.29, 1.82) is 0 Å². The number of aliphatic hydroxyl groups excluding tert-OH is 1. The third-order valence-corrected chi connectivity index (χ3v) is 3.76. The Bertz CT molecular complexity index is 330. The number of unbranched alkanes of at least 4 members (excludes halogenated alkanes) is 3. The number of rotatable bonds is 10. The van der Waals surface area contributed by atoms with Crippen molar-refractivity contribution >= 4 is 11.8 Å². The fraction of sp³-hybridized carbons (Fsp3) is 0.833. The summed E-state index contributed by atoms with van der Waals surface area (Å²) in [5.41, 5.74) is 5.65. The van der Waals surface area contributed by atoms with Gasteiger partial charge >= 0.3 is 0 Å². The molecule has 1 rings (SSSR count). The molecule has 0 amide bonds. The molecule has 1 aromatic rings. The van der Waals surface area contributed by atoms with Gasteiger partial charge in [-0.15, -0.1) is 10.2 Å². The Kier molecular flexibility index (Phi) is 8.04. The third kappa shape index (κ3) is 4.96. The Hall–Kier alpha value is -0.590. The third-order valence-electron chi connectivity index (χ3n) is 2.71.